The second kappa shape index (κ2) is 9.72. The summed E-state index contributed by atoms with van der Waals surface area (Å²) in [7, 11) is -4.29. The molecule has 2 rings (SSSR count). The number of Topliss-reactive ketones (excluding diaryl/α,β-unsaturated/α-hetero) is 1. The van der Waals surface area contributed by atoms with Gasteiger partial charge in [0.25, 0.3) is 0 Å². The first-order chi connectivity index (χ1) is 12.7. The third-order valence-corrected chi connectivity index (χ3v) is 6.32. The summed E-state index contributed by atoms with van der Waals surface area (Å²) in [5.41, 5.74) is -1.02. The lowest BCUT2D eigenvalue weighted by Crippen LogP contribution is -2.22. The smallest absolute Gasteiger partial charge is 0.343 e. The molecule has 0 fully saturated rings. The molecule has 0 amide bonds. The Balaban J connectivity index is 2.24. The van der Waals surface area contributed by atoms with E-state index >= 15 is 0 Å². The van der Waals surface area contributed by atoms with Crippen LogP contribution in [-0.4, -0.2) is 23.4 Å². The fourth-order valence-electron chi connectivity index (χ4n) is 2.36. The highest BCUT2D eigenvalue weighted by molar-refractivity contribution is 7.54. The minimum Gasteiger partial charge on any atom is -0.486 e. The van der Waals surface area contributed by atoms with Gasteiger partial charge >= 0.3 is 7.60 Å². The van der Waals surface area contributed by atoms with Crippen molar-refractivity contribution in [3.8, 4) is 5.75 Å². The van der Waals surface area contributed by atoms with Crippen molar-refractivity contribution in [2.45, 2.75) is 32.0 Å². The van der Waals surface area contributed by atoms with Crippen molar-refractivity contribution in [3.63, 3.8) is 0 Å². The number of ether oxygens (including phenoxy) is 1. The summed E-state index contributed by atoms with van der Waals surface area (Å²) in [6, 6.07) is 12.7. The Hall–Kier alpha value is -1.36. The molecular weight excluding hydrogens is 410 g/mol. The molecule has 146 valence electrons. The first-order valence-electron chi connectivity index (χ1n) is 8.40. The second-order valence-electron chi connectivity index (χ2n) is 6.05. The maximum Gasteiger partial charge on any atom is 0.343 e. The topological polar surface area (TPSA) is 72.8 Å². The highest BCUT2D eigenvalue weighted by Crippen LogP contribution is 2.58. The summed E-state index contributed by atoms with van der Waals surface area (Å²) in [5, 5.41) is 0.993. The van der Waals surface area contributed by atoms with Gasteiger partial charge in [-0.15, -0.1) is 0 Å². The summed E-state index contributed by atoms with van der Waals surface area (Å²) in [4.78, 5) is 23.3. The van der Waals surface area contributed by atoms with Crippen molar-refractivity contribution in [2.75, 3.05) is 6.61 Å². The zero-order valence-corrected chi connectivity index (χ0v) is 17.4. The molecule has 1 N–H and O–H groups in total. The molecule has 0 bridgehead atoms. The van der Waals surface area contributed by atoms with Crippen LogP contribution in [0.15, 0.2) is 48.5 Å². The van der Waals surface area contributed by atoms with Gasteiger partial charge in [0.1, 0.15) is 18.0 Å². The molecule has 27 heavy (non-hydrogen) atoms. The van der Waals surface area contributed by atoms with E-state index < -0.39 is 25.1 Å². The Morgan fingerprint density at radius 3 is 2.11 bits per heavy atom. The quantitative estimate of drug-likeness (QED) is 0.517. The van der Waals surface area contributed by atoms with Gasteiger partial charge in [0.2, 0.25) is 0 Å². The van der Waals surface area contributed by atoms with Crippen LogP contribution in [0, 0.1) is 0 Å². The molecule has 0 saturated heterocycles. The van der Waals surface area contributed by atoms with Crippen LogP contribution in [0.3, 0.4) is 0 Å². The summed E-state index contributed by atoms with van der Waals surface area (Å²) >= 11 is 11.7. The molecule has 8 heteroatoms. The molecular formula is C19H21Cl2O5P. The molecule has 2 aromatic carbocycles. The highest BCUT2D eigenvalue weighted by atomic mass is 35.5. The first kappa shape index (κ1) is 21.9. The molecule has 0 aromatic heterocycles. The third-order valence-electron chi connectivity index (χ3n) is 3.92. The van der Waals surface area contributed by atoms with Crippen LogP contribution in [0.25, 0.3) is 0 Å². The first-order valence-corrected chi connectivity index (χ1v) is 10.8. The lowest BCUT2D eigenvalue weighted by atomic mass is 10.1. The predicted molar refractivity (Wildman–Crippen MR) is 107 cm³/mol. The Bertz CT molecular complexity index is 808. The summed E-state index contributed by atoms with van der Waals surface area (Å²) < 4.78 is 23.6. The van der Waals surface area contributed by atoms with Crippen molar-refractivity contribution >= 4 is 36.6 Å². The maximum absolute atomic E-state index is 12.9. The van der Waals surface area contributed by atoms with Crippen molar-refractivity contribution in [3.05, 3.63) is 64.1 Å². The van der Waals surface area contributed by atoms with E-state index in [0.717, 1.165) is 0 Å². The monoisotopic (exact) mass is 430 g/mol. The molecule has 0 aliphatic carbocycles. The Labute approximate surface area is 168 Å². The Morgan fingerprint density at radius 1 is 1.07 bits per heavy atom. The standard InChI is InChI=1S/C19H21Cl2O5P/c1-3-13(2)26-27(23,24)19(14-4-6-15(20)7-5-14)18(22)12-25-17-10-8-16(21)9-11-17/h4-11,13,19H,3,12H2,1-2H3,(H,23,24). The van der Waals surface area contributed by atoms with Crippen molar-refractivity contribution in [2.24, 2.45) is 0 Å². The molecule has 2 aromatic rings. The van der Waals surface area contributed by atoms with Gasteiger partial charge < -0.3 is 14.2 Å². The van der Waals surface area contributed by atoms with Crippen LogP contribution < -0.4 is 4.74 Å². The van der Waals surface area contributed by atoms with Crippen molar-refractivity contribution in [1.29, 1.82) is 0 Å². The van der Waals surface area contributed by atoms with Gasteiger partial charge in [-0.2, -0.15) is 0 Å². The van der Waals surface area contributed by atoms with Gasteiger partial charge in [0.15, 0.2) is 5.78 Å². The largest absolute Gasteiger partial charge is 0.486 e. The normalized spacial score (nSPS) is 15.6. The number of carbonyl (C=O) groups is 1. The number of halogens is 2. The third kappa shape index (κ3) is 6.34. The van der Waals surface area contributed by atoms with Gasteiger partial charge in [0.05, 0.1) is 6.10 Å². The molecule has 0 saturated carbocycles. The number of rotatable bonds is 9. The number of benzene rings is 2. The van der Waals surface area contributed by atoms with E-state index in [1.807, 2.05) is 6.92 Å². The highest BCUT2D eigenvalue weighted by Gasteiger charge is 2.41. The minimum atomic E-state index is -4.29. The minimum absolute atomic E-state index is 0.346. The van der Waals surface area contributed by atoms with Crippen molar-refractivity contribution in [1.82, 2.24) is 0 Å². The SMILES string of the molecule is CCC(C)OP(=O)(O)C(C(=O)COc1ccc(Cl)cc1)c1ccc(Cl)cc1. The predicted octanol–water partition coefficient (Wildman–Crippen LogP) is 5.68. The molecule has 0 aliphatic heterocycles. The Kier molecular flexibility index (Phi) is 7.90. The molecule has 5 nitrogen and oxygen atoms in total. The van der Waals surface area contributed by atoms with E-state index in [-0.39, 0.29) is 6.61 Å². The van der Waals surface area contributed by atoms with E-state index in [4.69, 9.17) is 32.5 Å². The van der Waals surface area contributed by atoms with Gasteiger partial charge in [0, 0.05) is 10.0 Å². The summed E-state index contributed by atoms with van der Waals surface area (Å²) in [6.45, 7) is 3.12. The van der Waals surface area contributed by atoms with E-state index in [1.54, 1.807) is 43.3 Å². The van der Waals surface area contributed by atoms with Gasteiger partial charge in [-0.25, -0.2) is 0 Å². The fourth-order valence-corrected chi connectivity index (χ4v) is 4.38. The van der Waals surface area contributed by atoms with Gasteiger partial charge in [-0.3, -0.25) is 9.36 Å². The average molecular weight is 431 g/mol. The van der Waals surface area contributed by atoms with Crippen LogP contribution >= 0.6 is 30.8 Å². The van der Waals surface area contributed by atoms with E-state index in [9.17, 15) is 14.3 Å². The number of hydrogen-bond donors (Lipinski definition) is 1. The van der Waals surface area contributed by atoms with Crippen LogP contribution in [0.2, 0.25) is 10.0 Å². The number of carbonyl (C=O) groups excluding carboxylic acids is 1. The maximum atomic E-state index is 12.9. The number of ketones is 1. The van der Waals surface area contributed by atoms with Gasteiger partial charge in [-0.1, -0.05) is 42.3 Å². The van der Waals surface area contributed by atoms with Crippen LogP contribution in [-0.2, 0) is 13.9 Å². The molecule has 3 unspecified atom stereocenters. The van der Waals surface area contributed by atoms with Crippen LogP contribution in [0.4, 0.5) is 0 Å². The zero-order valence-electron chi connectivity index (χ0n) is 15.0. The summed E-state index contributed by atoms with van der Waals surface area (Å²) in [5.74, 6) is -0.139. The summed E-state index contributed by atoms with van der Waals surface area (Å²) in [6.07, 6.45) is 0.0634. The molecule has 0 spiro atoms. The lowest BCUT2D eigenvalue weighted by molar-refractivity contribution is -0.121. The lowest BCUT2D eigenvalue weighted by Gasteiger charge is -2.24. The zero-order chi connectivity index (χ0) is 20.0. The second-order valence-corrected chi connectivity index (χ2v) is 8.78. The van der Waals surface area contributed by atoms with Gasteiger partial charge in [-0.05, 0) is 55.3 Å². The average Bonchev–Trinajstić information content (AvgIpc) is 2.62. The van der Waals surface area contributed by atoms with Crippen molar-refractivity contribution < 1.29 is 23.5 Å². The van der Waals surface area contributed by atoms with Crippen LogP contribution in [0.1, 0.15) is 31.5 Å². The molecule has 0 heterocycles. The molecule has 3 atom stereocenters. The molecule has 0 radical (unpaired) electrons. The Morgan fingerprint density at radius 2 is 1.59 bits per heavy atom. The van der Waals surface area contributed by atoms with E-state index in [2.05, 4.69) is 0 Å². The fraction of sp³-hybridized carbons (Fsp3) is 0.316. The van der Waals surface area contributed by atoms with E-state index in [0.29, 0.717) is 27.8 Å². The van der Waals surface area contributed by atoms with Crippen LogP contribution in [0.5, 0.6) is 5.75 Å². The number of hydrogen-bond acceptors (Lipinski definition) is 4. The van der Waals surface area contributed by atoms with E-state index in [1.165, 1.54) is 12.1 Å². The molecule has 0 aliphatic rings.